The molecule has 1 aliphatic rings. The molecule has 0 bridgehead atoms. The first kappa shape index (κ1) is 17.3. The van der Waals surface area contributed by atoms with Crippen LogP contribution < -0.4 is 0 Å². The van der Waals surface area contributed by atoms with Gasteiger partial charge in [-0.2, -0.15) is 13.2 Å². The minimum atomic E-state index is -4.46. The fraction of sp³-hybridized carbons (Fsp3) is 0.500. The number of carbonyl (C=O) groups is 1. The van der Waals surface area contributed by atoms with E-state index in [4.69, 9.17) is 4.74 Å². The Morgan fingerprint density at radius 3 is 2.48 bits per heavy atom. The molecule has 0 fully saturated rings. The van der Waals surface area contributed by atoms with E-state index < -0.39 is 23.6 Å². The molecular weight excluding hydrogens is 309 g/mol. The van der Waals surface area contributed by atoms with Crippen molar-refractivity contribution >= 4 is 11.7 Å². The van der Waals surface area contributed by atoms with Crippen molar-refractivity contribution in [1.82, 2.24) is 9.88 Å². The van der Waals surface area contributed by atoms with E-state index in [1.807, 2.05) is 0 Å². The van der Waals surface area contributed by atoms with Gasteiger partial charge in [0.15, 0.2) is 0 Å². The number of halogens is 3. The van der Waals surface area contributed by atoms with Crippen molar-refractivity contribution in [1.29, 1.82) is 0 Å². The molecule has 0 unspecified atom stereocenters. The monoisotopic (exact) mass is 328 g/mol. The summed E-state index contributed by atoms with van der Waals surface area (Å²) in [5.41, 5.74) is -0.492. The molecule has 23 heavy (non-hydrogen) atoms. The number of alkyl halides is 3. The lowest BCUT2D eigenvalue weighted by Crippen LogP contribution is -2.39. The van der Waals surface area contributed by atoms with Crippen molar-refractivity contribution in [3.05, 3.63) is 35.7 Å². The summed E-state index contributed by atoms with van der Waals surface area (Å²) in [5.74, 6) is 0. The van der Waals surface area contributed by atoms with Crippen LogP contribution in [0, 0.1) is 0 Å². The lowest BCUT2D eigenvalue weighted by Gasteiger charge is -2.29. The van der Waals surface area contributed by atoms with Gasteiger partial charge in [0.05, 0.1) is 5.69 Å². The molecule has 7 heteroatoms. The summed E-state index contributed by atoms with van der Waals surface area (Å²) in [6.07, 6.45) is -2.73. The number of nitrogens with zero attached hydrogens (tertiary/aromatic N) is 2. The predicted octanol–water partition coefficient (Wildman–Crippen LogP) is 4.12. The first-order valence-electron chi connectivity index (χ1n) is 7.28. The normalized spacial score (nSPS) is 16.1. The molecule has 126 valence electrons. The first-order chi connectivity index (χ1) is 10.6. The Morgan fingerprint density at radius 2 is 1.96 bits per heavy atom. The fourth-order valence-corrected chi connectivity index (χ4v) is 2.17. The number of ether oxygens (including phenoxy) is 1. The van der Waals surface area contributed by atoms with Crippen LogP contribution in [-0.4, -0.2) is 34.7 Å². The maximum absolute atomic E-state index is 12.7. The van der Waals surface area contributed by atoms with Crippen molar-refractivity contribution in [3.63, 3.8) is 0 Å². The van der Waals surface area contributed by atoms with Crippen LogP contribution in [0.5, 0.6) is 0 Å². The minimum Gasteiger partial charge on any atom is -0.444 e. The molecule has 4 nitrogen and oxygen atoms in total. The van der Waals surface area contributed by atoms with Crippen LogP contribution in [0.1, 0.15) is 38.6 Å². The zero-order valence-corrected chi connectivity index (χ0v) is 13.3. The van der Waals surface area contributed by atoms with Gasteiger partial charge in [0.25, 0.3) is 0 Å². The fourth-order valence-electron chi connectivity index (χ4n) is 2.17. The van der Waals surface area contributed by atoms with Gasteiger partial charge in [-0.05, 0) is 44.9 Å². The SMILES string of the molecule is CC(C)(C)OC(=O)N1CC=C(c2cccc(C(F)(F)F)n2)CC1. The molecule has 1 amide bonds. The van der Waals surface area contributed by atoms with Crippen molar-refractivity contribution in [3.8, 4) is 0 Å². The van der Waals surface area contributed by atoms with Gasteiger partial charge in [0, 0.05) is 13.1 Å². The molecule has 0 saturated heterocycles. The number of amides is 1. The predicted molar refractivity (Wildman–Crippen MR) is 79.6 cm³/mol. The third-order valence-corrected chi connectivity index (χ3v) is 3.23. The van der Waals surface area contributed by atoms with E-state index >= 15 is 0 Å². The summed E-state index contributed by atoms with van der Waals surface area (Å²) in [6.45, 7) is 6.02. The van der Waals surface area contributed by atoms with Gasteiger partial charge in [-0.25, -0.2) is 9.78 Å². The average Bonchev–Trinajstić information content (AvgIpc) is 2.45. The van der Waals surface area contributed by atoms with Crippen LogP contribution in [0.25, 0.3) is 5.57 Å². The molecule has 2 heterocycles. The lowest BCUT2D eigenvalue weighted by molar-refractivity contribution is -0.141. The van der Waals surface area contributed by atoms with Gasteiger partial charge in [-0.3, -0.25) is 0 Å². The van der Waals surface area contributed by atoms with Gasteiger partial charge in [-0.15, -0.1) is 0 Å². The van der Waals surface area contributed by atoms with Gasteiger partial charge in [0.2, 0.25) is 0 Å². The van der Waals surface area contributed by atoms with E-state index in [0.29, 0.717) is 30.8 Å². The van der Waals surface area contributed by atoms with E-state index in [2.05, 4.69) is 4.98 Å². The second-order valence-electron chi connectivity index (χ2n) is 6.31. The topological polar surface area (TPSA) is 42.4 Å². The van der Waals surface area contributed by atoms with Crippen LogP contribution in [0.3, 0.4) is 0 Å². The molecule has 0 aliphatic carbocycles. The van der Waals surface area contributed by atoms with Crippen molar-refractivity contribution in [2.75, 3.05) is 13.1 Å². The van der Waals surface area contributed by atoms with E-state index in [1.54, 1.807) is 32.9 Å². The van der Waals surface area contributed by atoms with E-state index in [1.165, 1.54) is 11.0 Å². The smallest absolute Gasteiger partial charge is 0.433 e. The number of rotatable bonds is 1. The van der Waals surface area contributed by atoms with Gasteiger partial charge in [-0.1, -0.05) is 12.1 Å². The maximum Gasteiger partial charge on any atom is 0.433 e. The highest BCUT2D eigenvalue weighted by atomic mass is 19.4. The Morgan fingerprint density at radius 1 is 1.26 bits per heavy atom. The summed E-state index contributed by atoms with van der Waals surface area (Å²) < 4.78 is 43.4. The molecule has 1 aromatic rings. The standard InChI is InChI=1S/C16H19F3N2O2/c1-15(2,3)23-14(22)21-9-7-11(8-10-21)12-5-4-6-13(20-12)16(17,18)19/h4-7H,8-10H2,1-3H3. The highest BCUT2D eigenvalue weighted by Gasteiger charge is 2.33. The van der Waals surface area contributed by atoms with Gasteiger partial charge in [0.1, 0.15) is 11.3 Å². The second kappa shape index (κ2) is 6.22. The largest absolute Gasteiger partial charge is 0.444 e. The molecule has 0 saturated carbocycles. The highest BCUT2D eigenvalue weighted by molar-refractivity contribution is 5.71. The van der Waals surface area contributed by atoms with E-state index in [9.17, 15) is 18.0 Å². The Labute approximate surface area is 133 Å². The molecular formula is C16H19F3N2O2. The van der Waals surface area contributed by atoms with E-state index in [-0.39, 0.29) is 0 Å². The second-order valence-corrected chi connectivity index (χ2v) is 6.31. The number of hydrogen-bond acceptors (Lipinski definition) is 3. The highest BCUT2D eigenvalue weighted by Crippen LogP contribution is 2.29. The third-order valence-electron chi connectivity index (χ3n) is 3.23. The van der Waals surface area contributed by atoms with Crippen LogP contribution in [0.2, 0.25) is 0 Å². The summed E-state index contributed by atoms with van der Waals surface area (Å²) in [5, 5.41) is 0. The molecule has 0 N–H and O–H groups in total. The summed E-state index contributed by atoms with van der Waals surface area (Å²) in [6, 6.07) is 3.83. The molecule has 0 spiro atoms. The molecule has 0 aromatic carbocycles. The van der Waals surface area contributed by atoms with Crippen LogP contribution in [0.15, 0.2) is 24.3 Å². The summed E-state index contributed by atoms with van der Waals surface area (Å²) in [7, 11) is 0. The van der Waals surface area contributed by atoms with Crippen molar-refractivity contribution in [2.45, 2.75) is 39.0 Å². The number of pyridine rings is 1. The van der Waals surface area contributed by atoms with Crippen LogP contribution >= 0.6 is 0 Å². The molecule has 2 rings (SSSR count). The average molecular weight is 328 g/mol. The zero-order valence-electron chi connectivity index (χ0n) is 13.3. The summed E-state index contributed by atoms with van der Waals surface area (Å²) >= 11 is 0. The van der Waals surface area contributed by atoms with Crippen LogP contribution in [0.4, 0.5) is 18.0 Å². The van der Waals surface area contributed by atoms with Crippen molar-refractivity contribution in [2.24, 2.45) is 0 Å². The Hall–Kier alpha value is -2.05. The zero-order chi connectivity index (χ0) is 17.3. The van der Waals surface area contributed by atoms with Crippen LogP contribution in [-0.2, 0) is 10.9 Å². The number of aromatic nitrogens is 1. The molecule has 1 aliphatic heterocycles. The minimum absolute atomic E-state index is 0.294. The molecule has 1 aromatic heterocycles. The van der Waals surface area contributed by atoms with Gasteiger partial charge < -0.3 is 9.64 Å². The number of hydrogen-bond donors (Lipinski definition) is 0. The Balaban J connectivity index is 2.09. The maximum atomic E-state index is 12.7. The van der Waals surface area contributed by atoms with E-state index in [0.717, 1.165) is 6.07 Å². The van der Waals surface area contributed by atoms with Crippen molar-refractivity contribution < 1.29 is 22.7 Å². The molecule has 0 atom stereocenters. The van der Waals surface area contributed by atoms with Gasteiger partial charge >= 0.3 is 12.3 Å². The Kier molecular flexibility index (Phi) is 4.68. The summed E-state index contributed by atoms with van der Waals surface area (Å²) in [4.78, 5) is 17.1. The third kappa shape index (κ3) is 4.71. The Bertz CT molecular complexity index is 618. The lowest BCUT2D eigenvalue weighted by atomic mass is 10.0. The quantitative estimate of drug-likeness (QED) is 0.778. The molecule has 0 radical (unpaired) electrons. The first-order valence-corrected chi connectivity index (χ1v) is 7.28. The number of carbonyl (C=O) groups excluding carboxylic acids is 1.